The summed E-state index contributed by atoms with van der Waals surface area (Å²) >= 11 is 0. The number of hydrogen-bond donors (Lipinski definition) is 1. The third-order valence-corrected chi connectivity index (χ3v) is 3.71. The van der Waals surface area contributed by atoms with E-state index in [4.69, 9.17) is 5.26 Å². The molecule has 1 aromatic carbocycles. The first-order valence-electron chi connectivity index (χ1n) is 7.15. The van der Waals surface area contributed by atoms with E-state index in [-0.39, 0.29) is 5.82 Å². The standard InChI is InChI=1S/C16H24FN3/c1-4-20(15-9-7-8-14(17)12-15)11-6-5-10-16(2,13-18)19-3/h7-9,12,19H,4-6,10-11H2,1-3H3. The molecule has 0 heterocycles. The van der Waals surface area contributed by atoms with Crippen molar-refractivity contribution < 1.29 is 4.39 Å². The SMILES string of the molecule is CCN(CCCCC(C)(C#N)NC)c1cccc(F)c1. The average Bonchev–Trinajstić information content (AvgIpc) is 2.47. The molecule has 0 fully saturated rings. The highest BCUT2D eigenvalue weighted by Gasteiger charge is 2.20. The predicted molar refractivity (Wildman–Crippen MR) is 81.2 cm³/mol. The molecule has 0 spiro atoms. The molecule has 1 N–H and O–H groups in total. The van der Waals surface area contributed by atoms with Crippen LogP contribution >= 0.6 is 0 Å². The Labute approximate surface area is 121 Å². The van der Waals surface area contributed by atoms with Crippen LogP contribution in [0.5, 0.6) is 0 Å². The van der Waals surface area contributed by atoms with Gasteiger partial charge < -0.3 is 10.2 Å². The number of unbranched alkanes of at least 4 members (excludes halogenated alkanes) is 1. The van der Waals surface area contributed by atoms with Gasteiger partial charge in [0, 0.05) is 18.8 Å². The Bertz CT molecular complexity index is 455. The Morgan fingerprint density at radius 3 is 2.70 bits per heavy atom. The van der Waals surface area contributed by atoms with Crippen LogP contribution in [0.1, 0.15) is 33.1 Å². The van der Waals surface area contributed by atoms with Crippen LogP contribution in [0.4, 0.5) is 10.1 Å². The van der Waals surface area contributed by atoms with Crippen LogP contribution in [0.2, 0.25) is 0 Å². The number of nitriles is 1. The lowest BCUT2D eigenvalue weighted by Gasteiger charge is -2.24. The van der Waals surface area contributed by atoms with Gasteiger partial charge in [-0.05, 0) is 58.4 Å². The Kier molecular flexibility index (Phi) is 6.47. The van der Waals surface area contributed by atoms with Gasteiger partial charge >= 0.3 is 0 Å². The molecule has 3 nitrogen and oxygen atoms in total. The summed E-state index contributed by atoms with van der Waals surface area (Å²) in [6, 6.07) is 8.99. The van der Waals surface area contributed by atoms with Crippen LogP contribution in [0.3, 0.4) is 0 Å². The summed E-state index contributed by atoms with van der Waals surface area (Å²) in [4.78, 5) is 2.16. The maximum Gasteiger partial charge on any atom is 0.125 e. The lowest BCUT2D eigenvalue weighted by Crippen LogP contribution is -2.38. The van der Waals surface area contributed by atoms with Gasteiger partial charge in [0.1, 0.15) is 11.4 Å². The van der Waals surface area contributed by atoms with Gasteiger partial charge in [0.2, 0.25) is 0 Å². The van der Waals surface area contributed by atoms with Crippen molar-refractivity contribution in [3.05, 3.63) is 30.1 Å². The largest absolute Gasteiger partial charge is 0.372 e. The topological polar surface area (TPSA) is 39.1 Å². The molecule has 0 aliphatic heterocycles. The molecule has 1 atom stereocenters. The molecule has 20 heavy (non-hydrogen) atoms. The van der Waals surface area contributed by atoms with Gasteiger partial charge in [-0.3, -0.25) is 0 Å². The fraction of sp³-hybridized carbons (Fsp3) is 0.562. The molecule has 1 rings (SSSR count). The smallest absolute Gasteiger partial charge is 0.125 e. The summed E-state index contributed by atoms with van der Waals surface area (Å²) in [7, 11) is 1.81. The molecule has 0 saturated carbocycles. The van der Waals surface area contributed by atoms with Crippen LogP contribution in [0, 0.1) is 17.1 Å². The predicted octanol–water partition coefficient (Wildman–Crippen LogP) is 3.32. The highest BCUT2D eigenvalue weighted by atomic mass is 19.1. The van der Waals surface area contributed by atoms with Gasteiger partial charge in [0.25, 0.3) is 0 Å². The summed E-state index contributed by atoms with van der Waals surface area (Å²) < 4.78 is 13.2. The van der Waals surface area contributed by atoms with Crippen molar-refractivity contribution >= 4 is 5.69 Å². The first kappa shape index (κ1) is 16.5. The highest BCUT2D eigenvalue weighted by molar-refractivity contribution is 5.46. The molecule has 0 aromatic heterocycles. The number of benzene rings is 1. The Hall–Kier alpha value is -1.60. The zero-order valence-electron chi connectivity index (χ0n) is 12.6. The summed E-state index contributed by atoms with van der Waals surface area (Å²) in [6.07, 6.45) is 2.78. The van der Waals surface area contributed by atoms with E-state index in [9.17, 15) is 4.39 Å². The van der Waals surface area contributed by atoms with Gasteiger partial charge in [-0.1, -0.05) is 6.07 Å². The minimum Gasteiger partial charge on any atom is -0.372 e. The summed E-state index contributed by atoms with van der Waals surface area (Å²) in [5.41, 5.74) is 0.472. The van der Waals surface area contributed by atoms with Crippen molar-refractivity contribution in [2.45, 2.75) is 38.6 Å². The molecule has 0 saturated heterocycles. The van der Waals surface area contributed by atoms with Crippen LogP contribution < -0.4 is 10.2 Å². The third kappa shape index (κ3) is 4.82. The van der Waals surface area contributed by atoms with Crippen LogP contribution in [-0.2, 0) is 0 Å². The second-order valence-corrected chi connectivity index (χ2v) is 5.21. The van der Waals surface area contributed by atoms with Crippen LogP contribution in [0.15, 0.2) is 24.3 Å². The van der Waals surface area contributed by atoms with Crippen molar-refractivity contribution in [3.63, 3.8) is 0 Å². The fourth-order valence-corrected chi connectivity index (χ4v) is 2.16. The van der Waals surface area contributed by atoms with Crippen LogP contribution in [-0.4, -0.2) is 25.7 Å². The Morgan fingerprint density at radius 2 is 2.15 bits per heavy atom. The minimum absolute atomic E-state index is 0.201. The number of nitrogens with one attached hydrogen (secondary N) is 1. The van der Waals surface area contributed by atoms with Gasteiger partial charge in [0.15, 0.2) is 0 Å². The molecule has 1 aromatic rings. The first-order chi connectivity index (χ1) is 9.54. The zero-order chi connectivity index (χ0) is 15.0. The number of rotatable bonds is 8. The maximum atomic E-state index is 13.2. The molecule has 0 aliphatic carbocycles. The van der Waals surface area contributed by atoms with E-state index in [0.717, 1.165) is 38.0 Å². The number of anilines is 1. The molecule has 110 valence electrons. The fourth-order valence-electron chi connectivity index (χ4n) is 2.16. The molecule has 0 bridgehead atoms. The van der Waals surface area contributed by atoms with Crippen molar-refractivity contribution in [1.82, 2.24) is 5.32 Å². The molecule has 1 unspecified atom stereocenters. The molecule has 0 aliphatic rings. The minimum atomic E-state index is -0.449. The van der Waals surface area contributed by atoms with E-state index in [1.54, 1.807) is 12.1 Å². The number of halogens is 1. The lowest BCUT2D eigenvalue weighted by molar-refractivity contribution is 0.433. The number of nitrogens with zero attached hydrogens (tertiary/aromatic N) is 2. The number of hydrogen-bond acceptors (Lipinski definition) is 3. The van der Waals surface area contributed by atoms with Crippen molar-refractivity contribution in [2.75, 3.05) is 25.0 Å². The maximum absolute atomic E-state index is 13.2. The molecule has 0 amide bonds. The molecule has 0 radical (unpaired) electrons. The Morgan fingerprint density at radius 1 is 1.40 bits per heavy atom. The van der Waals surface area contributed by atoms with Gasteiger partial charge in [-0.2, -0.15) is 5.26 Å². The van der Waals surface area contributed by atoms with E-state index in [0.29, 0.717) is 0 Å². The van der Waals surface area contributed by atoms with Crippen molar-refractivity contribution in [3.8, 4) is 6.07 Å². The zero-order valence-corrected chi connectivity index (χ0v) is 12.6. The van der Waals surface area contributed by atoms with Crippen LogP contribution in [0.25, 0.3) is 0 Å². The van der Waals surface area contributed by atoms with E-state index < -0.39 is 5.54 Å². The first-order valence-corrected chi connectivity index (χ1v) is 7.15. The van der Waals surface area contributed by atoms with E-state index in [1.807, 2.05) is 20.0 Å². The second-order valence-electron chi connectivity index (χ2n) is 5.21. The van der Waals surface area contributed by atoms with Crippen molar-refractivity contribution in [2.24, 2.45) is 0 Å². The monoisotopic (exact) mass is 277 g/mol. The average molecular weight is 277 g/mol. The van der Waals surface area contributed by atoms with Gasteiger partial charge in [-0.15, -0.1) is 0 Å². The summed E-state index contributed by atoms with van der Waals surface area (Å²) in [6.45, 7) is 5.71. The summed E-state index contributed by atoms with van der Waals surface area (Å²) in [5.74, 6) is -0.201. The van der Waals surface area contributed by atoms with E-state index >= 15 is 0 Å². The van der Waals surface area contributed by atoms with E-state index in [2.05, 4.69) is 23.2 Å². The van der Waals surface area contributed by atoms with E-state index in [1.165, 1.54) is 6.07 Å². The summed E-state index contributed by atoms with van der Waals surface area (Å²) in [5, 5.41) is 12.1. The Balaban J connectivity index is 2.45. The van der Waals surface area contributed by atoms with Gasteiger partial charge in [0.05, 0.1) is 6.07 Å². The second kappa shape index (κ2) is 7.86. The van der Waals surface area contributed by atoms with Crippen molar-refractivity contribution in [1.29, 1.82) is 5.26 Å². The third-order valence-electron chi connectivity index (χ3n) is 3.71. The quantitative estimate of drug-likeness (QED) is 0.741. The molecular formula is C16H24FN3. The lowest BCUT2D eigenvalue weighted by atomic mass is 9.97. The highest BCUT2D eigenvalue weighted by Crippen LogP contribution is 2.17. The normalized spacial score (nSPS) is 13.6. The molecule has 4 heteroatoms. The van der Waals surface area contributed by atoms with Gasteiger partial charge in [-0.25, -0.2) is 4.39 Å². The molecular weight excluding hydrogens is 253 g/mol.